The average molecular weight is 252 g/mol. The Hall–Kier alpha value is -0.860. The summed E-state index contributed by atoms with van der Waals surface area (Å²) >= 11 is 0. The summed E-state index contributed by atoms with van der Waals surface area (Å²) in [5, 5.41) is 0. The molecule has 0 aliphatic heterocycles. The molecule has 0 N–H and O–H groups in total. The first-order valence-electron chi connectivity index (χ1n) is 6.96. The lowest BCUT2D eigenvalue weighted by Gasteiger charge is -2.38. The lowest BCUT2D eigenvalue weighted by molar-refractivity contribution is -0.157. The Morgan fingerprint density at radius 2 is 1.89 bits per heavy atom. The fourth-order valence-electron chi connectivity index (χ4n) is 3.80. The van der Waals surface area contributed by atoms with Crippen molar-refractivity contribution in [1.82, 2.24) is 0 Å². The number of esters is 1. The minimum Gasteiger partial charge on any atom is -0.462 e. The van der Waals surface area contributed by atoms with E-state index >= 15 is 0 Å². The van der Waals surface area contributed by atoms with Gasteiger partial charge in [0.05, 0.1) is 6.42 Å². The van der Waals surface area contributed by atoms with Crippen LogP contribution in [0, 0.1) is 16.7 Å². The lowest BCUT2D eigenvalue weighted by Crippen LogP contribution is -2.38. The smallest absolute Gasteiger partial charge is 0.306 e. The Kier molecular flexibility index (Phi) is 3.28. The van der Waals surface area contributed by atoms with Crippen LogP contribution in [-0.2, 0) is 14.3 Å². The summed E-state index contributed by atoms with van der Waals surface area (Å²) in [7, 11) is 0. The van der Waals surface area contributed by atoms with Crippen molar-refractivity contribution in [3.8, 4) is 0 Å². The molecule has 0 saturated heterocycles. The van der Waals surface area contributed by atoms with E-state index in [0.29, 0.717) is 12.3 Å². The van der Waals surface area contributed by atoms with E-state index in [9.17, 15) is 9.59 Å². The average Bonchev–Trinajstić information content (AvgIpc) is 2.59. The first kappa shape index (κ1) is 13.6. The van der Waals surface area contributed by atoms with Crippen LogP contribution >= 0.6 is 0 Å². The molecule has 0 aromatic carbocycles. The molecule has 0 spiro atoms. The van der Waals surface area contributed by atoms with Gasteiger partial charge in [0.2, 0.25) is 0 Å². The molecule has 2 aliphatic carbocycles. The van der Waals surface area contributed by atoms with Gasteiger partial charge in [-0.3, -0.25) is 4.79 Å². The second kappa shape index (κ2) is 4.36. The molecule has 0 aromatic heterocycles. The summed E-state index contributed by atoms with van der Waals surface area (Å²) < 4.78 is 5.64. The van der Waals surface area contributed by atoms with Crippen LogP contribution in [0.3, 0.4) is 0 Å². The van der Waals surface area contributed by atoms with E-state index in [1.165, 1.54) is 13.3 Å². The van der Waals surface area contributed by atoms with Gasteiger partial charge in [0, 0.05) is 11.8 Å². The van der Waals surface area contributed by atoms with Gasteiger partial charge in [-0.25, -0.2) is 0 Å². The van der Waals surface area contributed by atoms with Crippen LogP contribution < -0.4 is 0 Å². The minimum absolute atomic E-state index is 0.0470. The quantitative estimate of drug-likeness (QED) is 0.722. The number of ketones is 1. The fraction of sp³-hybridized carbons (Fsp3) is 0.867. The normalized spacial score (nSPS) is 36.7. The molecule has 3 heteroatoms. The van der Waals surface area contributed by atoms with Crippen molar-refractivity contribution in [2.45, 2.75) is 65.9 Å². The van der Waals surface area contributed by atoms with Gasteiger partial charge in [0.15, 0.2) is 0 Å². The summed E-state index contributed by atoms with van der Waals surface area (Å²) in [4.78, 5) is 22.6. The van der Waals surface area contributed by atoms with Gasteiger partial charge < -0.3 is 9.53 Å². The van der Waals surface area contributed by atoms with Gasteiger partial charge >= 0.3 is 5.97 Å². The number of hydrogen-bond acceptors (Lipinski definition) is 3. The van der Waals surface area contributed by atoms with Crippen molar-refractivity contribution >= 4 is 11.8 Å². The molecular formula is C15H24O3. The van der Waals surface area contributed by atoms with Crippen LogP contribution in [0.2, 0.25) is 0 Å². The summed E-state index contributed by atoms with van der Waals surface area (Å²) in [5.41, 5.74) is 0.377. The maximum Gasteiger partial charge on any atom is 0.306 e. The number of carbonyl (C=O) groups is 2. The van der Waals surface area contributed by atoms with Crippen LogP contribution in [0.4, 0.5) is 0 Å². The third kappa shape index (κ3) is 1.98. The molecule has 2 rings (SSSR count). The predicted molar refractivity (Wildman–Crippen MR) is 69.0 cm³/mol. The van der Waals surface area contributed by atoms with E-state index in [4.69, 9.17) is 4.74 Å². The second-order valence-electron chi connectivity index (χ2n) is 6.79. The zero-order valence-electron chi connectivity index (χ0n) is 11.9. The molecule has 18 heavy (non-hydrogen) atoms. The van der Waals surface area contributed by atoms with E-state index in [1.807, 2.05) is 0 Å². The van der Waals surface area contributed by atoms with Crippen molar-refractivity contribution in [2.75, 3.05) is 0 Å². The number of Topliss-reactive ketones (excluding diaryl/α,β-unsaturated/α-hetero) is 1. The molecule has 102 valence electrons. The molecule has 0 unspecified atom stereocenters. The fourth-order valence-corrected chi connectivity index (χ4v) is 3.80. The summed E-state index contributed by atoms with van der Waals surface area (Å²) in [6.45, 7) is 8.36. The maximum absolute atomic E-state index is 11.8. The molecule has 3 atom stereocenters. The molecule has 2 aliphatic rings. The van der Waals surface area contributed by atoms with Crippen LogP contribution in [0.1, 0.15) is 59.8 Å². The zero-order chi connectivity index (χ0) is 13.6. The van der Waals surface area contributed by atoms with Crippen LogP contribution in [0.25, 0.3) is 0 Å². The minimum atomic E-state index is -0.209. The molecular weight excluding hydrogens is 228 g/mol. The highest BCUT2D eigenvalue weighted by atomic mass is 16.5. The lowest BCUT2D eigenvalue weighted by atomic mass is 9.70. The zero-order valence-corrected chi connectivity index (χ0v) is 11.9. The van der Waals surface area contributed by atoms with Gasteiger partial charge in [0.25, 0.3) is 0 Å². The third-order valence-electron chi connectivity index (χ3n) is 5.67. The number of rotatable bonds is 4. The van der Waals surface area contributed by atoms with Gasteiger partial charge in [0.1, 0.15) is 11.9 Å². The van der Waals surface area contributed by atoms with E-state index in [0.717, 1.165) is 12.8 Å². The molecule has 0 radical (unpaired) electrons. The Balaban J connectivity index is 1.96. The topological polar surface area (TPSA) is 43.4 Å². The molecule has 2 saturated carbocycles. The first-order chi connectivity index (χ1) is 8.27. The van der Waals surface area contributed by atoms with Crippen molar-refractivity contribution in [2.24, 2.45) is 16.7 Å². The number of fused-ring (bicyclic) bond motifs is 2. The number of carbonyl (C=O) groups excluding carboxylic acids is 2. The van der Waals surface area contributed by atoms with Gasteiger partial charge in [-0.1, -0.05) is 20.8 Å². The van der Waals surface area contributed by atoms with Crippen molar-refractivity contribution in [1.29, 1.82) is 0 Å². The molecule has 0 amide bonds. The largest absolute Gasteiger partial charge is 0.462 e. The Labute approximate surface area is 109 Å². The van der Waals surface area contributed by atoms with Gasteiger partial charge in [-0.2, -0.15) is 0 Å². The Bertz CT molecular complexity index is 372. The van der Waals surface area contributed by atoms with Crippen molar-refractivity contribution < 1.29 is 14.3 Å². The van der Waals surface area contributed by atoms with E-state index in [1.54, 1.807) is 0 Å². The highest BCUT2D eigenvalue weighted by Gasteiger charge is 2.62. The molecule has 0 aromatic rings. The summed E-state index contributed by atoms with van der Waals surface area (Å²) in [5.74, 6) is 0.513. The SMILES string of the molecule is CC(=O)CCC(=O)O[C@H]1C[C@H]2CC[C@@]1(C)C2(C)C. The Morgan fingerprint density at radius 3 is 2.33 bits per heavy atom. The second-order valence-corrected chi connectivity index (χ2v) is 6.79. The number of hydrogen-bond donors (Lipinski definition) is 0. The van der Waals surface area contributed by atoms with E-state index < -0.39 is 0 Å². The third-order valence-corrected chi connectivity index (χ3v) is 5.67. The first-order valence-corrected chi connectivity index (χ1v) is 6.96. The van der Waals surface area contributed by atoms with E-state index in [2.05, 4.69) is 20.8 Å². The molecule has 3 nitrogen and oxygen atoms in total. The van der Waals surface area contributed by atoms with Gasteiger partial charge in [-0.15, -0.1) is 0 Å². The molecule has 2 fully saturated rings. The predicted octanol–water partition coefficient (Wildman–Crippen LogP) is 3.11. The van der Waals surface area contributed by atoms with Crippen LogP contribution in [0.15, 0.2) is 0 Å². The maximum atomic E-state index is 11.8. The van der Waals surface area contributed by atoms with E-state index in [-0.39, 0.29) is 35.1 Å². The molecule has 2 bridgehead atoms. The summed E-state index contributed by atoms with van der Waals surface area (Å²) in [6, 6.07) is 0. The van der Waals surface area contributed by atoms with Crippen molar-refractivity contribution in [3.05, 3.63) is 0 Å². The Morgan fingerprint density at radius 1 is 1.22 bits per heavy atom. The van der Waals surface area contributed by atoms with Gasteiger partial charge in [-0.05, 0) is 37.5 Å². The highest BCUT2D eigenvalue weighted by molar-refractivity contribution is 5.81. The summed E-state index contributed by atoms with van der Waals surface area (Å²) in [6.07, 6.45) is 3.98. The van der Waals surface area contributed by atoms with Crippen LogP contribution in [0.5, 0.6) is 0 Å². The number of ether oxygens (including phenoxy) is 1. The standard InChI is InChI=1S/C15H24O3/c1-10(16)5-6-13(17)18-12-9-11-7-8-15(12,4)14(11,2)3/h11-12H,5-9H2,1-4H3/t11-,12+,15-/m1/s1. The van der Waals surface area contributed by atoms with Crippen LogP contribution in [-0.4, -0.2) is 17.9 Å². The molecule has 0 heterocycles. The monoisotopic (exact) mass is 252 g/mol. The highest BCUT2D eigenvalue weighted by Crippen LogP contribution is 2.66. The van der Waals surface area contributed by atoms with Crippen molar-refractivity contribution in [3.63, 3.8) is 0 Å².